The molecule has 0 heterocycles. The quantitative estimate of drug-likeness (QED) is 0.396. The number of hydrogen-bond acceptors (Lipinski definition) is 4. The molecule has 0 aliphatic rings. The van der Waals surface area contributed by atoms with Crippen LogP contribution in [0.1, 0.15) is 16.7 Å². The van der Waals surface area contributed by atoms with Crippen LogP contribution in [0.2, 0.25) is 5.02 Å². The molecule has 0 aliphatic heterocycles. The maximum atomic E-state index is 11.8. The maximum Gasteiger partial charge on any atom is 0.276 e. The molecule has 0 aliphatic carbocycles. The van der Waals surface area contributed by atoms with Gasteiger partial charge in [-0.15, -0.1) is 0 Å². The Balaban J connectivity index is 1.72. The van der Waals surface area contributed by atoms with Crippen molar-refractivity contribution in [2.45, 2.75) is 13.8 Å². The summed E-state index contributed by atoms with van der Waals surface area (Å²) in [6.07, 6.45) is 3.00. The molecule has 0 saturated heterocycles. The SMILES string of the molecule is Cc1cc(OCC(=O)NNC(=S)NC(=O)/C=C/c2ccccc2)cc(C)c1Cl. The van der Waals surface area contributed by atoms with Crippen molar-refractivity contribution in [1.29, 1.82) is 0 Å². The molecule has 2 rings (SSSR count). The van der Waals surface area contributed by atoms with E-state index in [1.807, 2.05) is 44.2 Å². The van der Waals surface area contributed by atoms with Gasteiger partial charge in [0.25, 0.3) is 5.91 Å². The van der Waals surface area contributed by atoms with Gasteiger partial charge in [0.05, 0.1) is 0 Å². The van der Waals surface area contributed by atoms with Crippen molar-refractivity contribution < 1.29 is 14.3 Å². The lowest BCUT2D eigenvalue weighted by molar-refractivity contribution is -0.123. The second-order valence-corrected chi connectivity index (χ2v) is 6.68. The number of thiocarbonyl (C=S) groups is 1. The molecular weight excluding hydrogens is 398 g/mol. The van der Waals surface area contributed by atoms with E-state index in [1.54, 1.807) is 18.2 Å². The molecule has 0 bridgehead atoms. The van der Waals surface area contributed by atoms with Gasteiger partial charge in [-0.2, -0.15) is 0 Å². The van der Waals surface area contributed by atoms with Crippen molar-refractivity contribution in [2.24, 2.45) is 0 Å². The van der Waals surface area contributed by atoms with Crippen LogP contribution in [-0.2, 0) is 9.59 Å². The van der Waals surface area contributed by atoms with Crippen molar-refractivity contribution >= 4 is 46.8 Å². The molecule has 0 radical (unpaired) electrons. The van der Waals surface area contributed by atoms with Crippen molar-refractivity contribution in [1.82, 2.24) is 16.2 Å². The average Bonchev–Trinajstić information content (AvgIpc) is 2.68. The number of halogens is 1. The lowest BCUT2D eigenvalue weighted by Gasteiger charge is -2.12. The van der Waals surface area contributed by atoms with E-state index >= 15 is 0 Å². The largest absolute Gasteiger partial charge is 0.484 e. The molecule has 2 aromatic rings. The minimum absolute atomic E-state index is 0.0331. The van der Waals surface area contributed by atoms with Crippen LogP contribution in [0.3, 0.4) is 0 Å². The summed E-state index contributed by atoms with van der Waals surface area (Å²) in [6.45, 7) is 3.49. The van der Waals surface area contributed by atoms with Crippen LogP contribution in [0.4, 0.5) is 0 Å². The first-order valence-corrected chi connectivity index (χ1v) is 9.16. The summed E-state index contributed by atoms with van der Waals surface area (Å²) in [5.41, 5.74) is 7.41. The van der Waals surface area contributed by atoms with Crippen molar-refractivity contribution in [3.63, 3.8) is 0 Å². The van der Waals surface area contributed by atoms with Gasteiger partial charge in [-0.1, -0.05) is 41.9 Å². The molecular formula is C20H20ClN3O3S. The Hall–Kier alpha value is -2.90. The monoisotopic (exact) mass is 417 g/mol. The summed E-state index contributed by atoms with van der Waals surface area (Å²) in [5, 5.41) is 3.06. The van der Waals surface area contributed by atoms with Gasteiger partial charge in [-0.05, 0) is 61.0 Å². The third-order valence-electron chi connectivity index (χ3n) is 3.56. The molecule has 0 fully saturated rings. The highest BCUT2D eigenvalue weighted by molar-refractivity contribution is 7.80. The standard InChI is InChI=1S/C20H20ClN3O3S/c1-13-10-16(11-14(2)19(13)21)27-12-18(26)23-24-20(28)22-17(25)9-8-15-6-4-3-5-7-15/h3-11H,12H2,1-2H3,(H,23,26)(H2,22,24,25,28)/b9-8+. The lowest BCUT2D eigenvalue weighted by Crippen LogP contribution is -2.49. The summed E-state index contributed by atoms with van der Waals surface area (Å²) in [6, 6.07) is 12.9. The van der Waals surface area contributed by atoms with Gasteiger partial charge in [0.1, 0.15) is 5.75 Å². The van der Waals surface area contributed by atoms with Crippen LogP contribution in [0.25, 0.3) is 6.08 Å². The minimum Gasteiger partial charge on any atom is -0.484 e. The van der Waals surface area contributed by atoms with Gasteiger partial charge in [0, 0.05) is 11.1 Å². The number of aryl methyl sites for hydroxylation is 2. The predicted octanol–water partition coefficient (Wildman–Crippen LogP) is 3.07. The summed E-state index contributed by atoms with van der Waals surface area (Å²) >= 11 is 11.1. The Morgan fingerprint density at radius 1 is 1.11 bits per heavy atom. The summed E-state index contributed by atoms with van der Waals surface area (Å²) < 4.78 is 5.43. The van der Waals surface area contributed by atoms with Gasteiger partial charge in [-0.3, -0.25) is 25.8 Å². The van der Waals surface area contributed by atoms with Gasteiger partial charge in [0.15, 0.2) is 11.7 Å². The number of hydrogen-bond donors (Lipinski definition) is 3. The molecule has 146 valence electrons. The molecule has 0 saturated carbocycles. The second-order valence-electron chi connectivity index (χ2n) is 5.90. The number of carbonyl (C=O) groups excluding carboxylic acids is 2. The van der Waals surface area contributed by atoms with E-state index in [4.69, 9.17) is 28.6 Å². The van der Waals surface area contributed by atoms with E-state index in [0.717, 1.165) is 16.7 Å². The van der Waals surface area contributed by atoms with Crippen LogP contribution in [0.5, 0.6) is 5.75 Å². The predicted molar refractivity (Wildman–Crippen MR) is 114 cm³/mol. The Morgan fingerprint density at radius 2 is 1.75 bits per heavy atom. The van der Waals surface area contributed by atoms with Crippen LogP contribution in [-0.4, -0.2) is 23.5 Å². The fourth-order valence-corrected chi connectivity index (χ4v) is 2.48. The van der Waals surface area contributed by atoms with Gasteiger partial charge < -0.3 is 4.74 Å². The van der Waals surface area contributed by atoms with E-state index in [9.17, 15) is 9.59 Å². The number of amides is 2. The Bertz CT molecular complexity index is 878. The molecule has 6 nitrogen and oxygen atoms in total. The molecule has 3 N–H and O–H groups in total. The zero-order valence-electron chi connectivity index (χ0n) is 15.4. The first-order valence-electron chi connectivity index (χ1n) is 8.37. The smallest absolute Gasteiger partial charge is 0.276 e. The Kier molecular flexibility index (Phi) is 7.98. The van der Waals surface area contributed by atoms with E-state index in [-0.39, 0.29) is 11.7 Å². The Morgan fingerprint density at radius 3 is 2.39 bits per heavy atom. The fraction of sp³-hybridized carbons (Fsp3) is 0.150. The lowest BCUT2D eigenvalue weighted by atomic mass is 10.1. The van der Waals surface area contributed by atoms with Crippen molar-refractivity contribution in [3.05, 3.63) is 70.3 Å². The van der Waals surface area contributed by atoms with E-state index < -0.39 is 11.8 Å². The van der Waals surface area contributed by atoms with Gasteiger partial charge >= 0.3 is 0 Å². The highest BCUT2D eigenvalue weighted by Gasteiger charge is 2.07. The molecule has 0 aromatic heterocycles. The summed E-state index contributed by atoms with van der Waals surface area (Å²) in [7, 11) is 0. The summed E-state index contributed by atoms with van der Waals surface area (Å²) in [5.74, 6) is -0.336. The molecule has 2 aromatic carbocycles. The van der Waals surface area contributed by atoms with Crippen LogP contribution in [0.15, 0.2) is 48.5 Å². The van der Waals surface area contributed by atoms with E-state index in [0.29, 0.717) is 10.8 Å². The first-order chi connectivity index (χ1) is 13.3. The van der Waals surface area contributed by atoms with Crippen LogP contribution >= 0.6 is 23.8 Å². The zero-order chi connectivity index (χ0) is 20.5. The van der Waals surface area contributed by atoms with E-state index in [1.165, 1.54) is 6.08 Å². The number of nitrogens with one attached hydrogen (secondary N) is 3. The number of ether oxygens (including phenoxy) is 1. The van der Waals surface area contributed by atoms with Crippen LogP contribution < -0.4 is 20.9 Å². The van der Waals surface area contributed by atoms with Crippen molar-refractivity contribution in [3.8, 4) is 5.75 Å². The number of rotatable bonds is 5. The second kappa shape index (κ2) is 10.4. The van der Waals surface area contributed by atoms with E-state index in [2.05, 4.69) is 16.2 Å². The molecule has 8 heteroatoms. The highest BCUT2D eigenvalue weighted by atomic mass is 35.5. The first kappa shape index (κ1) is 21.4. The number of hydrazine groups is 1. The third kappa shape index (κ3) is 7.02. The van der Waals surface area contributed by atoms with Gasteiger partial charge in [0.2, 0.25) is 5.91 Å². The highest BCUT2D eigenvalue weighted by Crippen LogP contribution is 2.25. The molecule has 2 amide bonds. The summed E-state index contributed by atoms with van der Waals surface area (Å²) in [4.78, 5) is 23.6. The molecule has 28 heavy (non-hydrogen) atoms. The topological polar surface area (TPSA) is 79.5 Å². The molecule has 0 spiro atoms. The number of benzene rings is 2. The molecule has 0 atom stereocenters. The zero-order valence-corrected chi connectivity index (χ0v) is 17.0. The fourth-order valence-electron chi connectivity index (χ4n) is 2.22. The maximum absolute atomic E-state index is 11.8. The normalized spacial score (nSPS) is 10.4. The number of carbonyl (C=O) groups is 2. The third-order valence-corrected chi connectivity index (χ3v) is 4.36. The van der Waals surface area contributed by atoms with Crippen LogP contribution in [0, 0.1) is 13.8 Å². The Labute approximate surface area is 173 Å². The minimum atomic E-state index is -0.457. The van der Waals surface area contributed by atoms with Crippen molar-refractivity contribution in [2.75, 3.05) is 6.61 Å². The molecule has 0 unspecified atom stereocenters. The van der Waals surface area contributed by atoms with Gasteiger partial charge in [-0.25, -0.2) is 0 Å². The average molecular weight is 418 g/mol.